The van der Waals surface area contributed by atoms with Gasteiger partial charge in [-0.3, -0.25) is 4.79 Å². The minimum atomic E-state index is -0.168. The summed E-state index contributed by atoms with van der Waals surface area (Å²) in [7, 11) is 0. The molecule has 2 N–H and O–H groups in total. The molecular formula is C12H17Cl2N3O. The van der Waals surface area contributed by atoms with Gasteiger partial charge >= 0.3 is 0 Å². The Bertz CT molecular complexity index is 432. The lowest BCUT2D eigenvalue weighted by molar-refractivity contribution is -0.115. The Kier molecular flexibility index (Phi) is 4.96. The largest absolute Gasteiger partial charge is 0.322 e. The molecule has 4 nitrogen and oxygen atoms in total. The summed E-state index contributed by atoms with van der Waals surface area (Å²) in [5.41, 5.74) is 1.17. The number of anilines is 1. The third-order valence-electron chi connectivity index (χ3n) is 2.18. The average molecular weight is 290 g/mol. The molecule has 0 saturated heterocycles. The van der Waals surface area contributed by atoms with E-state index >= 15 is 0 Å². The van der Waals surface area contributed by atoms with Gasteiger partial charge in [-0.1, -0.05) is 23.2 Å². The van der Waals surface area contributed by atoms with Crippen molar-refractivity contribution in [2.24, 2.45) is 0 Å². The van der Waals surface area contributed by atoms with Crippen LogP contribution >= 0.6 is 23.2 Å². The zero-order valence-corrected chi connectivity index (χ0v) is 12.4. The molecule has 0 fully saturated rings. The van der Waals surface area contributed by atoms with Crippen LogP contribution in [-0.4, -0.2) is 23.0 Å². The monoisotopic (exact) mass is 289 g/mol. The summed E-state index contributed by atoms with van der Waals surface area (Å²) in [5.74, 6) is -0.168. The van der Waals surface area contributed by atoms with E-state index in [2.05, 4.69) is 15.6 Å². The summed E-state index contributed by atoms with van der Waals surface area (Å²) in [6.07, 6.45) is 0. The van der Waals surface area contributed by atoms with Crippen molar-refractivity contribution < 1.29 is 4.79 Å². The molecule has 0 aliphatic heterocycles. The SMILES string of the molecule is Cc1cc(Cl)nc(Cl)c1NC(=O)CNC(C)(C)C. The number of hydrogen-bond donors (Lipinski definition) is 2. The fourth-order valence-corrected chi connectivity index (χ4v) is 1.85. The molecular weight excluding hydrogens is 273 g/mol. The zero-order valence-electron chi connectivity index (χ0n) is 10.9. The van der Waals surface area contributed by atoms with Crippen LogP contribution in [-0.2, 0) is 4.79 Å². The molecule has 0 radical (unpaired) electrons. The molecule has 0 spiro atoms. The fraction of sp³-hybridized carbons (Fsp3) is 0.500. The van der Waals surface area contributed by atoms with Gasteiger partial charge in [0.1, 0.15) is 5.15 Å². The fourth-order valence-electron chi connectivity index (χ4n) is 1.27. The molecule has 18 heavy (non-hydrogen) atoms. The van der Waals surface area contributed by atoms with Crippen LogP contribution in [0.5, 0.6) is 0 Å². The van der Waals surface area contributed by atoms with E-state index in [1.807, 2.05) is 27.7 Å². The number of carbonyl (C=O) groups excluding carboxylic acids is 1. The predicted molar refractivity (Wildman–Crippen MR) is 75.4 cm³/mol. The van der Waals surface area contributed by atoms with Gasteiger partial charge < -0.3 is 10.6 Å². The third kappa shape index (κ3) is 4.80. The third-order valence-corrected chi connectivity index (χ3v) is 2.65. The van der Waals surface area contributed by atoms with Gasteiger partial charge in [0.05, 0.1) is 12.2 Å². The van der Waals surface area contributed by atoms with Gasteiger partial charge in [-0.2, -0.15) is 0 Å². The normalized spacial score (nSPS) is 11.4. The number of amides is 1. The number of nitrogens with zero attached hydrogens (tertiary/aromatic N) is 1. The van der Waals surface area contributed by atoms with Crippen molar-refractivity contribution in [2.75, 3.05) is 11.9 Å². The number of rotatable bonds is 3. The number of aromatic nitrogens is 1. The predicted octanol–water partition coefficient (Wildman–Crippen LogP) is 3.02. The van der Waals surface area contributed by atoms with Gasteiger partial charge in [0.15, 0.2) is 5.15 Å². The van der Waals surface area contributed by atoms with E-state index in [0.717, 1.165) is 5.56 Å². The van der Waals surface area contributed by atoms with Crippen LogP contribution in [0.3, 0.4) is 0 Å². The summed E-state index contributed by atoms with van der Waals surface area (Å²) < 4.78 is 0. The molecule has 1 heterocycles. The van der Waals surface area contributed by atoms with Crippen LogP contribution < -0.4 is 10.6 Å². The molecule has 1 aromatic heterocycles. The number of nitrogens with one attached hydrogen (secondary N) is 2. The first kappa shape index (κ1) is 15.2. The van der Waals surface area contributed by atoms with Crippen molar-refractivity contribution in [3.8, 4) is 0 Å². The molecule has 1 amide bonds. The highest BCUT2D eigenvalue weighted by atomic mass is 35.5. The van der Waals surface area contributed by atoms with Crippen LogP contribution in [0.15, 0.2) is 6.07 Å². The maximum Gasteiger partial charge on any atom is 0.238 e. The minimum Gasteiger partial charge on any atom is -0.322 e. The van der Waals surface area contributed by atoms with Crippen molar-refractivity contribution in [1.29, 1.82) is 0 Å². The first-order valence-corrected chi connectivity index (χ1v) is 6.32. The first-order chi connectivity index (χ1) is 8.19. The smallest absolute Gasteiger partial charge is 0.238 e. The van der Waals surface area contributed by atoms with Crippen LogP contribution in [0.2, 0.25) is 10.3 Å². The maximum absolute atomic E-state index is 11.8. The molecule has 6 heteroatoms. The Labute approximate surface area is 117 Å². The Morgan fingerprint density at radius 2 is 2.00 bits per heavy atom. The van der Waals surface area contributed by atoms with Crippen molar-refractivity contribution in [1.82, 2.24) is 10.3 Å². The Hall–Kier alpha value is -0.840. The molecule has 0 unspecified atom stereocenters. The van der Waals surface area contributed by atoms with Crippen molar-refractivity contribution >= 4 is 34.8 Å². The van der Waals surface area contributed by atoms with E-state index in [1.54, 1.807) is 6.07 Å². The van der Waals surface area contributed by atoms with Crippen LogP contribution in [0, 0.1) is 6.92 Å². The molecule has 1 rings (SSSR count). The van der Waals surface area contributed by atoms with Gasteiger partial charge in [0, 0.05) is 5.54 Å². The van der Waals surface area contributed by atoms with E-state index < -0.39 is 0 Å². The molecule has 0 aliphatic rings. The summed E-state index contributed by atoms with van der Waals surface area (Å²) in [4.78, 5) is 15.6. The highest BCUT2D eigenvalue weighted by Gasteiger charge is 2.14. The van der Waals surface area contributed by atoms with Gasteiger partial charge in [-0.05, 0) is 39.3 Å². The van der Waals surface area contributed by atoms with E-state index in [-0.39, 0.29) is 23.1 Å². The summed E-state index contributed by atoms with van der Waals surface area (Å²) in [6, 6.07) is 1.65. The van der Waals surface area contributed by atoms with E-state index in [4.69, 9.17) is 23.2 Å². The van der Waals surface area contributed by atoms with Crippen molar-refractivity contribution in [3.05, 3.63) is 21.9 Å². The lowest BCUT2D eigenvalue weighted by Gasteiger charge is -2.20. The minimum absolute atomic E-state index is 0.117. The first-order valence-electron chi connectivity index (χ1n) is 5.56. The molecule has 1 aromatic rings. The number of carbonyl (C=O) groups is 1. The molecule has 0 saturated carbocycles. The topological polar surface area (TPSA) is 54.0 Å². The standard InChI is InChI=1S/C12H17Cl2N3O/c1-7-5-8(13)16-11(14)10(7)17-9(18)6-15-12(2,3)4/h5,15H,6H2,1-4H3,(H,17,18). The number of aryl methyl sites for hydroxylation is 1. The Balaban J connectivity index is 2.71. The highest BCUT2D eigenvalue weighted by molar-refractivity contribution is 6.34. The van der Waals surface area contributed by atoms with Gasteiger partial charge in [-0.15, -0.1) is 0 Å². The number of hydrogen-bond acceptors (Lipinski definition) is 3. The van der Waals surface area contributed by atoms with Gasteiger partial charge in [0.25, 0.3) is 0 Å². The van der Waals surface area contributed by atoms with Gasteiger partial charge in [0.2, 0.25) is 5.91 Å². The summed E-state index contributed by atoms with van der Waals surface area (Å²) in [6.45, 7) is 7.99. The maximum atomic E-state index is 11.8. The van der Waals surface area contributed by atoms with Crippen molar-refractivity contribution in [2.45, 2.75) is 33.2 Å². The van der Waals surface area contributed by atoms with Crippen LogP contribution in [0.25, 0.3) is 0 Å². The van der Waals surface area contributed by atoms with Crippen LogP contribution in [0.4, 0.5) is 5.69 Å². The Morgan fingerprint density at radius 1 is 1.39 bits per heavy atom. The molecule has 0 bridgehead atoms. The quantitative estimate of drug-likeness (QED) is 0.841. The summed E-state index contributed by atoms with van der Waals surface area (Å²) >= 11 is 11.7. The number of halogens is 2. The molecule has 100 valence electrons. The Morgan fingerprint density at radius 3 is 2.50 bits per heavy atom. The number of pyridine rings is 1. The zero-order chi connectivity index (χ0) is 13.9. The van der Waals surface area contributed by atoms with Crippen molar-refractivity contribution in [3.63, 3.8) is 0 Å². The van der Waals surface area contributed by atoms with E-state index in [1.165, 1.54) is 0 Å². The second-order valence-electron chi connectivity index (χ2n) is 5.08. The second-order valence-corrected chi connectivity index (χ2v) is 5.82. The van der Waals surface area contributed by atoms with E-state index in [0.29, 0.717) is 10.8 Å². The van der Waals surface area contributed by atoms with Crippen LogP contribution in [0.1, 0.15) is 26.3 Å². The summed E-state index contributed by atoms with van der Waals surface area (Å²) in [5, 5.41) is 6.32. The van der Waals surface area contributed by atoms with E-state index in [9.17, 15) is 4.79 Å². The highest BCUT2D eigenvalue weighted by Crippen LogP contribution is 2.26. The molecule has 0 aliphatic carbocycles. The molecule has 0 atom stereocenters. The lowest BCUT2D eigenvalue weighted by atomic mass is 10.1. The second kappa shape index (κ2) is 5.87. The lowest BCUT2D eigenvalue weighted by Crippen LogP contribution is -2.41. The van der Waals surface area contributed by atoms with Gasteiger partial charge in [-0.25, -0.2) is 4.98 Å². The average Bonchev–Trinajstić information content (AvgIpc) is 2.19. The molecule has 0 aromatic carbocycles.